The molecule has 0 saturated carbocycles. The number of benzene rings is 2. The van der Waals surface area contributed by atoms with Gasteiger partial charge in [0.1, 0.15) is 0 Å². The minimum Gasteiger partial charge on any atom is -0.334 e. The van der Waals surface area contributed by atoms with Crippen molar-refractivity contribution in [3.8, 4) is 16.9 Å². The van der Waals surface area contributed by atoms with Gasteiger partial charge < -0.3 is 5.84 Å². The molecule has 2 aromatic carbocycles. The van der Waals surface area contributed by atoms with E-state index in [2.05, 4.69) is 31.4 Å². The van der Waals surface area contributed by atoms with E-state index in [1.54, 1.807) is 54.6 Å². The number of thioether (sulfide) groups is 1. The van der Waals surface area contributed by atoms with E-state index in [0.717, 1.165) is 20.9 Å². The largest absolute Gasteiger partial charge is 0.438 e. The molecule has 0 amide bonds. The van der Waals surface area contributed by atoms with Gasteiger partial charge in [0.05, 0.1) is 5.75 Å². The molecule has 0 unspecified atom stereocenters. The molecule has 31 heavy (non-hydrogen) atoms. The Hall–Kier alpha value is -3.51. The maximum atomic E-state index is 12.7. The van der Waals surface area contributed by atoms with Crippen molar-refractivity contribution in [2.75, 3.05) is 11.6 Å². The van der Waals surface area contributed by atoms with Crippen LogP contribution in [0.4, 0.5) is 0 Å². The Balaban J connectivity index is 1.57. The minimum atomic E-state index is -0.809. The summed E-state index contributed by atoms with van der Waals surface area (Å²) in [4.78, 5) is 37.4. The van der Waals surface area contributed by atoms with Crippen molar-refractivity contribution in [2.45, 2.75) is 5.16 Å². The summed E-state index contributed by atoms with van der Waals surface area (Å²) in [6.45, 7) is 0. The number of nitrogens with two attached hydrogens (primary N) is 1. The van der Waals surface area contributed by atoms with Crippen LogP contribution < -0.4 is 21.7 Å². The fraction of sp³-hybridized carbons (Fsp3) is 0.0526. The Bertz CT molecular complexity index is 1360. The summed E-state index contributed by atoms with van der Waals surface area (Å²) >= 11 is 4.21. The van der Waals surface area contributed by atoms with Crippen LogP contribution in [0.3, 0.4) is 0 Å². The molecular formula is C19H14BrN6O4S+. The van der Waals surface area contributed by atoms with Crippen molar-refractivity contribution >= 4 is 33.5 Å². The number of carbonyl (C=O) groups excluding carboxylic acids is 1. The van der Waals surface area contributed by atoms with Gasteiger partial charge in [-0.2, -0.15) is 4.68 Å². The third kappa shape index (κ3) is 4.20. The van der Waals surface area contributed by atoms with Gasteiger partial charge in [0.25, 0.3) is 5.56 Å². The third-order valence-corrected chi connectivity index (χ3v) is 5.71. The number of para-hydroxylation sites is 1. The van der Waals surface area contributed by atoms with Crippen molar-refractivity contribution < 1.29 is 14.0 Å². The molecule has 0 aliphatic rings. The summed E-state index contributed by atoms with van der Waals surface area (Å²) in [5.74, 6) is 5.13. The monoisotopic (exact) mass is 501 g/mol. The zero-order valence-electron chi connectivity index (χ0n) is 15.7. The predicted octanol–water partition coefficient (Wildman–Crippen LogP) is 1.31. The van der Waals surface area contributed by atoms with Crippen LogP contribution in [0, 0.1) is 0 Å². The minimum absolute atomic E-state index is 0.0328. The van der Waals surface area contributed by atoms with Crippen LogP contribution in [0.5, 0.6) is 0 Å². The van der Waals surface area contributed by atoms with Crippen molar-refractivity contribution in [3.05, 3.63) is 85.5 Å². The normalized spacial score (nSPS) is 10.9. The standard InChI is InChI=1S/C19H13BrN6O4S/c20-12-8-6-11(7-9-12)15-17(28)25(21)19(23-22-15)31-10-14(27)16-18(29)30-24-26(16)13-4-2-1-3-5-13/h1-9H,10,21H2/p+1. The van der Waals surface area contributed by atoms with Gasteiger partial charge in [-0.05, 0) is 22.1 Å². The van der Waals surface area contributed by atoms with E-state index in [9.17, 15) is 14.4 Å². The molecule has 0 aliphatic heterocycles. The number of hydrogen-bond donors (Lipinski definition) is 2. The number of halogens is 1. The summed E-state index contributed by atoms with van der Waals surface area (Å²) in [5.41, 5.74) is -0.371. The van der Waals surface area contributed by atoms with Crippen LogP contribution in [-0.2, 0) is 0 Å². The Morgan fingerprint density at radius 1 is 1.13 bits per heavy atom. The van der Waals surface area contributed by atoms with E-state index >= 15 is 0 Å². The van der Waals surface area contributed by atoms with Gasteiger partial charge in [-0.15, -0.1) is 10.2 Å². The lowest BCUT2D eigenvalue weighted by Gasteiger charge is -2.06. The molecule has 2 aromatic heterocycles. The third-order valence-electron chi connectivity index (χ3n) is 4.24. The lowest BCUT2D eigenvalue weighted by molar-refractivity contribution is -0.672. The summed E-state index contributed by atoms with van der Waals surface area (Å²) in [7, 11) is 0. The zero-order chi connectivity index (χ0) is 22.0. The van der Waals surface area contributed by atoms with E-state index in [0.29, 0.717) is 11.3 Å². The number of hydrogen-bond acceptors (Lipinski definition) is 8. The van der Waals surface area contributed by atoms with E-state index in [4.69, 9.17) is 10.4 Å². The molecule has 12 heteroatoms. The summed E-state index contributed by atoms with van der Waals surface area (Å²) in [6, 6.07) is 15.7. The first-order valence-corrected chi connectivity index (χ1v) is 10.6. The summed E-state index contributed by atoms with van der Waals surface area (Å²) < 4.78 is 7.71. The lowest BCUT2D eigenvalue weighted by Crippen LogP contribution is -2.41. The van der Waals surface area contributed by atoms with Gasteiger partial charge in [-0.1, -0.05) is 58.0 Å². The van der Waals surface area contributed by atoms with Crippen molar-refractivity contribution in [1.82, 2.24) is 20.1 Å². The molecule has 0 spiro atoms. The molecule has 4 aromatic rings. The van der Waals surface area contributed by atoms with E-state index in [1.165, 1.54) is 4.68 Å². The molecule has 0 bridgehead atoms. The summed E-state index contributed by atoms with van der Waals surface area (Å²) in [6.07, 6.45) is 0. The average molecular weight is 502 g/mol. The molecule has 0 aliphatic carbocycles. The van der Waals surface area contributed by atoms with Crippen LogP contribution in [-0.4, -0.2) is 31.7 Å². The number of nitrogens with one attached hydrogen (secondary N) is 1. The molecular weight excluding hydrogens is 488 g/mol. The quantitative estimate of drug-likeness (QED) is 0.174. The Kier molecular flexibility index (Phi) is 5.82. The number of H-pyrrole nitrogens is 1. The highest BCUT2D eigenvalue weighted by Crippen LogP contribution is 2.18. The number of aromatic nitrogens is 5. The van der Waals surface area contributed by atoms with Crippen molar-refractivity contribution in [2.24, 2.45) is 0 Å². The first-order valence-electron chi connectivity index (χ1n) is 8.81. The molecule has 3 N–H and O–H groups in total. The fourth-order valence-corrected chi connectivity index (χ4v) is 3.72. The predicted molar refractivity (Wildman–Crippen MR) is 115 cm³/mol. The first kappa shape index (κ1) is 20.8. The van der Waals surface area contributed by atoms with Gasteiger partial charge in [-0.25, -0.2) is 4.79 Å². The topological polar surface area (TPSA) is 141 Å². The second-order valence-electron chi connectivity index (χ2n) is 6.23. The van der Waals surface area contributed by atoms with Gasteiger partial charge >= 0.3 is 11.3 Å². The first-order chi connectivity index (χ1) is 15.0. The molecule has 2 heterocycles. The van der Waals surface area contributed by atoms with Gasteiger partial charge in [0.2, 0.25) is 16.6 Å². The number of Topliss-reactive ketones (excluding diaryl/α,β-unsaturated/α-hetero) is 1. The number of rotatable bonds is 6. The second kappa shape index (κ2) is 8.70. The Morgan fingerprint density at radius 2 is 1.84 bits per heavy atom. The molecule has 4 rings (SSSR count). The zero-order valence-corrected chi connectivity index (χ0v) is 18.1. The average Bonchev–Trinajstić information content (AvgIpc) is 3.17. The SMILES string of the molecule is Nn1c(SCC(=O)c2c(=O)o[nH][n+]2-c2ccccc2)nnc(-c2ccc(Br)cc2)c1=O. The highest BCUT2D eigenvalue weighted by molar-refractivity contribution is 9.10. The molecule has 0 saturated heterocycles. The molecule has 0 radical (unpaired) electrons. The van der Waals surface area contributed by atoms with Crippen LogP contribution in [0.1, 0.15) is 10.5 Å². The number of carbonyl (C=O) groups is 1. The van der Waals surface area contributed by atoms with Crippen molar-refractivity contribution in [1.29, 1.82) is 0 Å². The molecule has 0 fully saturated rings. The van der Waals surface area contributed by atoms with Crippen molar-refractivity contribution in [3.63, 3.8) is 0 Å². The maximum absolute atomic E-state index is 12.7. The second-order valence-corrected chi connectivity index (χ2v) is 8.08. The van der Waals surface area contributed by atoms with Crippen LogP contribution in [0.25, 0.3) is 16.9 Å². The van der Waals surface area contributed by atoms with Crippen LogP contribution in [0.2, 0.25) is 0 Å². The number of nitrogens with zero attached hydrogens (tertiary/aromatic N) is 4. The fourth-order valence-electron chi connectivity index (χ4n) is 2.74. The molecule has 0 atom stereocenters. The van der Waals surface area contributed by atoms with Gasteiger partial charge in [-0.3, -0.25) is 14.1 Å². The number of ketones is 1. The van der Waals surface area contributed by atoms with Crippen LogP contribution in [0.15, 0.2) is 78.3 Å². The molecule has 10 nitrogen and oxygen atoms in total. The number of aromatic amines is 1. The van der Waals surface area contributed by atoms with Crippen LogP contribution >= 0.6 is 27.7 Å². The molecule has 156 valence electrons. The summed E-state index contributed by atoms with van der Waals surface area (Å²) in [5, 5.41) is 10.4. The number of nitrogen functional groups attached to an aromatic ring is 1. The van der Waals surface area contributed by atoms with E-state index in [1.807, 2.05) is 0 Å². The van der Waals surface area contributed by atoms with Gasteiger partial charge in [0, 0.05) is 22.2 Å². The highest BCUT2D eigenvalue weighted by atomic mass is 79.9. The maximum Gasteiger partial charge on any atom is 0.438 e. The lowest BCUT2D eigenvalue weighted by atomic mass is 10.2. The smallest absolute Gasteiger partial charge is 0.334 e. The Morgan fingerprint density at radius 3 is 2.55 bits per heavy atom. The van der Waals surface area contributed by atoms with E-state index < -0.39 is 17.0 Å². The Labute approximate surface area is 186 Å². The highest BCUT2D eigenvalue weighted by Gasteiger charge is 2.30. The van der Waals surface area contributed by atoms with E-state index in [-0.39, 0.29) is 22.3 Å². The van der Waals surface area contributed by atoms with Gasteiger partial charge in [0.15, 0.2) is 5.69 Å².